The molecule has 2 aromatic rings. The van der Waals surface area contributed by atoms with Gasteiger partial charge in [-0.25, -0.2) is 5.43 Å². The largest absolute Gasteiger partial charge is 0.490 e. The molecule has 1 N–H and O–H groups in total. The summed E-state index contributed by atoms with van der Waals surface area (Å²) in [6.45, 7) is 5.35. The van der Waals surface area contributed by atoms with Crippen molar-refractivity contribution in [2.75, 3.05) is 13.2 Å². The molecule has 0 spiro atoms. The highest BCUT2D eigenvalue weighted by atomic mass is 79.9. The van der Waals surface area contributed by atoms with Gasteiger partial charge in [0.15, 0.2) is 11.5 Å². The average molecular weight is 447 g/mol. The highest BCUT2D eigenvalue weighted by Gasteiger charge is 2.07. The van der Waals surface area contributed by atoms with Crippen LogP contribution in [-0.2, 0) is 0 Å². The van der Waals surface area contributed by atoms with Gasteiger partial charge < -0.3 is 9.47 Å². The molecular formula is C22H27BrN2O3. The fraction of sp³-hybridized carbons (Fsp3) is 0.364. The normalized spacial score (nSPS) is 10.8. The molecule has 1 amide bonds. The van der Waals surface area contributed by atoms with Crippen molar-refractivity contribution in [3.63, 3.8) is 0 Å². The lowest BCUT2D eigenvalue weighted by Gasteiger charge is -2.12. The standard InChI is InChI=1S/C22H27BrN2O3/c1-3-5-6-7-14-28-20-13-8-17(15-21(20)27-4-2)16-24-25-22(26)18-9-11-19(23)12-10-18/h8-13,15-16H,3-7,14H2,1-2H3,(H,25,26)/b24-16+. The number of carbonyl (C=O) groups excluding carboxylic acids is 1. The van der Waals surface area contributed by atoms with Crippen LogP contribution in [0.1, 0.15) is 55.5 Å². The Bertz CT molecular complexity index is 776. The number of amides is 1. The highest BCUT2D eigenvalue weighted by molar-refractivity contribution is 9.10. The van der Waals surface area contributed by atoms with Crippen LogP contribution in [-0.4, -0.2) is 25.3 Å². The van der Waals surface area contributed by atoms with Crippen LogP contribution in [0.3, 0.4) is 0 Å². The van der Waals surface area contributed by atoms with Gasteiger partial charge in [-0.05, 0) is 61.4 Å². The number of rotatable bonds is 11. The third-order valence-corrected chi connectivity index (χ3v) is 4.54. The van der Waals surface area contributed by atoms with Crippen molar-refractivity contribution < 1.29 is 14.3 Å². The van der Waals surface area contributed by atoms with Crippen LogP contribution in [0.25, 0.3) is 0 Å². The van der Waals surface area contributed by atoms with Crippen LogP contribution in [0.5, 0.6) is 11.5 Å². The van der Waals surface area contributed by atoms with Gasteiger partial charge in [-0.15, -0.1) is 0 Å². The van der Waals surface area contributed by atoms with Crippen molar-refractivity contribution in [1.29, 1.82) is 0 Å². The number of carbonyl (C=O) groups is 1. The number of unbranched alkanes of at least 4 members (excludes halogenated alkanes) is 3. The topological polar surface area (TPSA) is 59.9 Å². The summed E-state index contributed by atoms with van der Waals surface area (Å²) in [7, 11) is 0. The van der Waals surface area contributed by atoms with Gasteiger partial charge in [0, 0.05) is 10.0 Å². The minimum atomic E-state index is -0.263. The molecule has 0 aliphatic carbocycles. The smallest absolute Gasteiger partial charge is 0.271 e. The van der Waals surface area contributed by atoms with E-state index in [2.05, 4.69) is 33.4 Å². The summed E-state index contributed by atoms with van der Waals surface area (Å²) in [6, 6.07) is 12.7. The molecule has 0 aromatic heterocycles. The summed E-state index contributed by atoms with van der Waals surface area (Å²) in [5, 5.41) is 4.03. The van der Waals surface area contributed by atoms with Crippen molar-refractivity contribution >= 4 is 28.1 Å². The highest BCUT2D eigenvalue weighted by Crippen LogP contribution is 2.28. The molecule has 0 bridgehead atoms. The Morgan fingerprint density at radius 3 is 2.54 bits per heavy atom. The number of nitrogens with zero attached hydrogens (tertiary/aromatic N) is 1. The van der Waals surface area contributed by atoms with Gasteiger partial charge in [-0.3, -0.25) is 4.79 Å². The van der Waals surface area contributed by atoms with Crippen LogP contribution in [0, 0.1) is 0 Å². The monoisotopic (exact) mass is 446 g/mol. The Balaban J connectivity index is 1.95. The van der Waals surface area contributed by atoms with Crippen LogP contribution < -0.4 is 14.9 Å². The van der Waals surface area contributed by atoms with Gasteiger partial charge in [0.2, 0.25) is 0 Å². The molecule has 6 heteroatoms. The Morgan fingerprint density at radius 1 is 1.04 bits per heavy atom. The second-order valence-corrected chi connectivity index (χ2v) is 7.17. The molecule has 2 aromatic carbocycles. The van der Waals surface area contributed by atoms with Gasteiger partial charge in [0.25, 0.3) is 5.91 Å². The lowest BCUT2D eigenvalue weighted by molar-refractivity contribution is 0.0955. The first kappa shape index (κ1) is 22.0. The number of hydrazone groups is 1. The van der Waals surface area contributed by atoms with Crippen LogP contribution in [0.15, 0.2) is 52.0 Å². The summed E-state index contributed by atoms with van der Waals surface area (Å²) in [4.78, 5) is 12.1. The zero-order valence-corrected chi connectivity index (χ0v) is 18.0. The molecule has 0 radical (unpaired) electrons. The Labute approximate surface area is 175 Å². The lowest BCUT2D eigenvalue weighted by Crippen LogP contribution is -2.17. The van der Waals surface area contributed by atoms with E-state index in [1.54, 1.807) is 18.3 Å². The predicted molar refractivity (Wildman–Crippen MR) is 116 cm³/mol. The number of ether oxygens (including phenoxy) is 2. The van der Waals surface area contributed by atoms with Gasteiger partial charge in [0.1, 0.15) is 0 Å². The van der Waals surface area contributed by atoms with Crippen molar-refractivity contribution in [3.05, 3.63) is 58.1 Å². The number of hydrogen-bond donors (Lipinski definition) is 1. The molecule has 0 unspecified atom stereocenters. The predicted octanol–water partition coefficient (Wildman–Crippen LogP) is 5.57. The molecule has 28 heavy (non-hydrogen) atoms. The van der Waals surface area contributed by atoms with Crippen molar-refractivity contribution in [3.8, 4) is 11.5 Å². The van der Waals surface area contributed by atoms with Crippen LogP contribution in [0.4, 0.5) is 0 Å². The van der Waals surface area contributed by atoms with E-state index >= 15 is 0 Å². The molecular weight excluding hydrogens is 420 g/mol. The van der Waals surface area contributed by atoms with E-state index in [1.165, 1.54) is 19.3 Å². The first-order chi connectivity index (χ1) is 13.6. The Hall–Kier alpha value is -2.34. The molecule has 0 atom stereocenters. The fourth-order valence-corrected chi connectivity index (χ4v) is 2.80. The van der Waals surface area contributed by atoms with Gasteiger partial charge >= 0.3 is 0 Å². The van der Waals surface area contributed by atoms with E-state index in [0.29, 0.717) is 24.5 Å². The SMILES string of the molecule is CCCCCCOc1ccc(/C=N/NC(=O)c2ccc(Br)cc2)cc1OCC. The minimum absolute atomic E-state index is 0.263. The first-order valence-corrected chi connectivity index (χ1v) is 10.4. The summed E-state index contributed by atoms with van der Waals surface area (Å²) >= 11 is 3.35. The zero-order valence-electron chi connectivity index (χ0n) is 16.4. The fourth-order valence-electron chi connectivity index (χ4n) is 2.53. The minimum Gasteiger partial charge on any atom is -0.490 e. The van der Waals surface area contributed by atoms with Crippen LogP contribution >= 0.6 is 15.9 Å². The third kappa shape index (κ3) is 7.35. The van der Waals surface area contributed by atoms with E-state index in [1.807, 2.05) is 37.3 Å². The molecule has 0 fully saturated rings. The molecule has 0 saturated heterocycles. The van der Waals surface area contributed by atoms with E-state index < -0.39 is 0 Å². The number of nitrogens with one attached hydrogen (secondary N) is 1. The summed E-state index contributed by atoms with van der Waals surface area (Å²) in [5.41, 5.74) is 3.89. The summed E-state index contributed by atoms with van der Waals surface area (Å²) < 4.78 is 12.5. The average Bonchev–Trinajstić information content (AvgIpc) is 2.70. The van der Waals surface area contributed by atoms with Crippen LogP contribution in [0.2, 0.25) is 0 Å². The van der Waals surface area contributed by atoms with Gasteiger partial charge in [0.05, 0.1) is 19.4 Å². The van der Waals surface area contributed by atoms with Crippen molar-refractivity contribution in [2.24, 2.45) is 5.10 Å². The van der Waals surface area contributed by atoms with E-state index in [-0.39, 0.29) is 5.91 Å². The maximum atomic E-state index is 12.1. The quantitative estimate of drug-likeness (QED) is 0.278. The number of hydrogen-bond acceptors (Lipinski definition) is 4. The summed E-state index contributed by atoms with van der Waals surface area (Å²) in [6.07, 6.45) is 6.22. The maximum Gasteiger partial charge on any atom is 0.271 e. The molecule has 150 valence electrons. The molecule has 0 saturated carbocycles. The second-order valence-electron chi connectivity index (χ2n) is 6.25. The Kier molecular flexibility index (Phi) is 9.55. The molecule has 5 nitrogen and oxygen atoms in total. The van der Waals surface area contributed by atoms with Crippen molar-refractivity contribution in [1.82, 2.24) is 5.43 Å². The third-order valence-electron chi connectivity index (χ3n) is 4.01. The Morgan fingerprint density at radius 2 is 1.82 bits per heavy atom. The number of halogens is 1. The lowest BCUT2D eigenvalue weighted by atomic mass is 10.2. The van der Waals surface area contributed by atoms with E-state index in [0.717, 1.165) is 22.2 Å². The van der Waals surface area contributed by atoms with E-state index in [9.17, 15) is 4.79 Å². The van der Waals surface area contributed by atoms with Crippen molar-refractivity contribution in [2.45, 2.75) is 39.5 Å². The zero-order chi connectivity index (χ0) is 20.2. The first-order valence-electron chi connectivity index (χ1n) is 9.62. The molecule has 0 aliphatic rings. The van der Waals surface area contributed by atoms with Gasteiger partial charge in [-0.1, -0.05) is 42.1 Å². The summed E-state index contributed by atoms with van der Waals surface area (Å²) in [5.74, 6) is 1.15. The molecule has 0 aliphatic heterocycles. The van der Waals surface area contributed by atoms with E-state index in [4.69, 9.17) is 9.47 Å². The van der Waals surface area contributed by atoms with Gasteiger partial charge in [-0.2, -0.15) is 5.10 Å². The molecule has 0 heterocycles. The second kappa shape index (κ2) is 12.2. The molecule has 2 rings (SSSR count). The number of benzene rings is 2. The maximum absolute atomic E-state index is 12.1.